The highest BCUT2D eigenvalue weighted by Crippen LogP contribution is 2.27. The van der Waals surface area contributed by atoms with E-state index in [-0.39, 0.29) is 18.0 Å². The molecule has 0 aromatic carbocycles. The van der Waals surface area contributed by atoms with Crippen molar-refractivity contribution in [2.45, 2.75) is 45.1 Å². The van der Waals surface area contributed by atoms with Crippen LogP contribution < -0.4 is 0 Å². The lowest BCUT2D eigenvalue weighted by Crippen LogP contribution is -2.28. The lowest BCUT2D eigenvalue weighted by molar-refractivity contribution is -0.149. The first-order chi connectivity index (χ1) is 6.63. The fourth-order valence-electron chi connectivity index (χ4n) is 1.87. The highest BCUT2D eigenvalue weighted by Gasteiger charge is 2.27. The summed E-state index contributed by atoms with van der Waals surface area (Å²) in [6.07, 6.45) is 1.72. The van der Waals surface area contributed by atoms with Crippen molar-refractivity contribution in [2.75, 3.05) is 7.11 Å². The van der Waals surface area contributed by atoms with Crippen LogP contribution in [-0.4, -0.2) is 25.5 Å². The number of ether oxygens (including phenoxy) is 2. The topological polar surface area (TPSA) is 35.5 Å². The SMILES string of the molecule is COC(=O)[C@H]1CC[C@H](OC(C)F)CC1. The second kappa shape index (κ2) is 5.29. The molecule has 3 nitrogen and oxygen atoms in total. The predicted molar refractivity (Wildman–Crippen MR) is 49.4 cm³/mol. The second-order valence-electron chi connectivity index (χ2n) is 3.68. The molecule has 0 aromatic rings. The van der Waals surface area contributed by atoms with Gasteiger partial charge in [0.25, 0.3) is 0 Å². The van der Waals surface area contributed by atoms with Gasteiger partial charge in [-0.15, -0.1) is 0 Å². The minimum absolute atomic E-state index is 0.0187. The van der Waals surface area contributed by atoms with Crippen LogP contribution >= 0.6 is 0 Å². The fraction of sp³-hybridized carbons (Fsp3) is 0.900. The van der Waals surface area contributed by atoms with Gasteiger partial charge in [-0.25, -0.2) is 4.39 Å². The monoisotopic (exact) mass is 204 g/mol. The molecule has 0 N–H and O–H groups in total. The van der Waals surface area contributed by atoms with Gasteiger partial charge in [0.2, 0.25) is 0 Å². The Hall–Kier alpha value is -0.640. The van der Waals surface area contributed by atoms with E-state index in [0.717, 1.165) is 25.7 Å². The van der Waals surface area contributed by atoms with Gasteiger partial charge in [0.1, 0.15) is 0 Å². The minimum Gasteiger partial charge on any atom is -0.469 e. The summed E-state index contributed by atoms with van der Waals surface area (Å²) in [5.41, 5.74) is 0. The van der Waals surface area contributed by atoms with E-state index in [1.807, 2.05) is 0 Å². The zero-order valence-corrected chi connectivity index (χ0v) is 8.66. The van der Waals surface area contributed by atoms with Crippen molar-refractivity contribution >= 4 is 5.97 Å². The number of alkyl halides is 1. The average molecular weight is 204 g/mol. The van der Waals surface area contributed by atoms with E-state index in [0.29, 0.717) is 0 Å². The molecule has 1 unspecified atom stereocenters. The van der Waals surface area contributed by atoms with Gasteiger partial charge < -0.3 is 9.47 Å². The maximum Gasteiger partial charge on any atom is 0.308 e. The summed E-state index contributed by atoms with van der Waals surface area (Å²) in [5.74, 6) is -0.175. The molecule has 0 bridgehead atoms. The number of rotatable bonds is 3. The number of methoxy groups -OCH3 is 1. The summed E-state index contributed by atoms with van der Waals surface area (Å²) in [6.45, 7) is 1.38. The van der Waals surface area contributed by atoms with Crippen LogP contribution in [-0.2, 0) is 14.3 Å². The molecular formula is C10H17FO3. The number of halogens is 1. The molecule has 1 atom stereocenters. The normalized spacial score (nSPS) is 29.6. The van der Waals surface area contributed by atoms with Crippen molar-refractivity contribution in [3.8, 4) is 0 Å². The smallest absolute Gasteiger partial charge is 0.308 e. The van der Waals surface area contributed by atoms with Crippen LogP contribution in [0.2, 0.25) is 0 Å². The van der Waals surface area contributed by atoms with Crippen molar-refractivity contribution in [3.05, 3.63) is 0 Å². The number of esters is 1. The molecule has 14 heavy (non-hydrogen) atoms. The molecule has 1 saturated carbocycles. The Morgan fingerprint density at radius 3 is 2.36 bits per heavy atom. The van der Waals surface area contributed by atoms with Gasteiger partial charge in [-0.05, 0) is 32.6 Å². The molecule has 4 heteroatoms. The summed E-state index contributed by atoms with van der Waals surface area (Å²) in [6, 6.07) is 0. The van der Waals surface area contributed by atoms with Crippen LogP contribution in [0.15, 0.2) is 0 Å². The zero-order valence-electron chi connectivity index (χ0n) is 8.66. The molecule has 0 spiro atoms. The molecule has 1 rings (SSSR count). The van der Waals surface area contributed by atoms with E-state index < -0.39 is 6.36 Å². The Morgan fingerprint density at radius 2 is 1.93 bits per heavy atom. The molecule has 0 aromatic heterocycles. The number of carbonyl (C=O) groups is 1. The summed E-state index contributed by atoms with van der Waals surface area (Å²) in [4.78, 5) is 11.2. The average Bonchev–Trinajstić information content (AvgIpc) is 2.17. The summed E-state index contributed by atoms with van der Waals surface area (Å²) in [7, 11) is 1.40. The van der Waals surface area contributed by atoms with Gasteiger partial charge in [-0.2, -0.15) is 0 Å². The highest BCUT2D eigenvalue weighted by molar-refractivity contribution is 5.72. The van der Waals surface area contributed by atoms with Gasteiger partial charge >= 0.3 is 5.97 Å². The van der Waals surface area contributed by atoms with Crippen molar-refractivity contribution in [1.82, 2.24) is 0 Å². The Morgan fingerprint density at radius 1 is 1.36 bits per heavy atom. The largest absolute Gasteiger partial charge is 0.469 e. The summed E-state index contributed by atoms with van der Waals surface area (Å²) in [5, 5.41) is 0. The Bertz CT molecular complexity index is 186. The van der Waals surface area contributed by atoms with E-state index in [9.17, 15) is 9.18 Å². The number of hydrogen-bond donors (Lipinski definition) is 0. The van der Waals surface area contributed by atoms with E-state index in [1.165, 1.54) is 14.0 Å². The molecule has 0 heterocycles. The third-order valence-corrected chi connectivity index (χ3v) is 2.59. The first kappa shape index (κ1) is 11.4. The first-order valence-corrected chi connectivity index (χ1v) is 5.01. The van der Waals surface area contributed by atoms with E-state index >= 15 is 0 Å². The molecule has 0 aliphatic heterocycles. The van der Waals surface area contributed by atoms with Gasteiger partial charge in [0, 0.05) is 0 Å². The van der Waals surface area contributed by atoms with E-state index in [2.05, 4.69) is 4.74 Å². The molecule has 0 saturated heterocycles. The first-order valence-electron chi connectivity index (χ1n) is 5.01. The van der Waals surface area contributed by atoms with E-state index in [1.54, 1.807) is 0 Å². The van der Waals surface area contributed by atoms with Crippen molar-refractivity contribution in [2.24, 2.45) is 5.92 Å². The maximum absolute atomic E-state index is 12.5. The zero-order chi connectivity index (χ0) is 10.6. The van der Waals surface area contributed by atoms with Crippen molar-refractivity contribution < 1.29 is 18.7 Å². The van der Waals surface area contributed by atoms with Gasteiger partial charge in [0.05, 0.1) is 19.1 Å². The maximum atomic E-state index is 12.5. The lowest BCUT2D eigenvalue weighted by atomic mass is 9.87. The van der Waals surface area contributed by atoms with Crippen LogP contribution in [0.25, 0.3) is 0 Å². The Balaban J connectivity index is 2.27. The third-order valence-electron chi connectivity index (χ3n) is 2.59. The molecule has 1 aliphatic rings. The Kier molecular flexibility index (Phi) is 4.32. The molecule has 82 valence electrons. The molecular weight excluding hydrogens is 187 g/mol. The van der Waals surface area contributed by atoms with Gasteiger partial charge in [0.15, 0.2) is 6.36 Å². The number of carbonyl (C=O) groups excluding carboxylic acids is 1. The second-order valence-corrected chi connectivity index (χ2v) is 3.68. The van der Waals surface area contributed by atoms with Crippen molar-refractivity contribution in [3.63, 3.8) is 0 Å². The van der Waals surface area contributed by atoms with Crippen LogP contribution in [0.4, 0.5) is 4.39 Å². The Labute approximate surface area is 83.6 Å². The van der Waals surface area contributed by atoms with Crippen molar-refractivity contribution in [1.29, 1.82) is 0 Å². The predicted octanol–water partition coefficient (Wildman–Crippen LogP) is 2.05. The quantitative estimate of drug-likeness (QED) is 0.660. The number of hydrogen-bond acceptors (Lipinski definition) is 3. The summed E-state index contributed by atoms with van der Waals surface area (Å²) >= 11 is 0. The molecule has 0 radical (unpaired) electrons. The van der Waals surface area contributed by atoms with Gasteiger partial charge in [-0.1, -0.05) is 0 Å². The molecule has 1 aliphatic carbocycles. The van der Waals surface area contributed by atoms with Crippen LogP contribution in [0.3, 0.4) is 0 Å². The summed E-state index contributed by atoms with van der Waals surface area (Å²) < 4.78 is 22.2. The van der Waals surface area contributed by atoms with E-state index in [4.69, 9.17) is 4.74 Å². The fourth-order valence-corrected chi connectivity index (χ4v) is 1.87. The van der Waals surface area contributed by atoms with Crippen LogP contribution in [0.1, 0.15) is 32.6 Å². The molecule has 1 fully saturated rings. The minimum atomic E-state index is -1.21. The van der Waals surface area contributed by atoms with Crippen LogP contribution in [0, 0.1) is 5.92 Å². The molecule has 0 amide bonds. The third kappa shape index (κ3) is 3.25. The highest BCUT2D eigenvalue weighted by atomic mass is 19.1. The van der Waals surface area contributed by atoms with Gasteiger partial charge in [-0.3, -0.25) is 4.79 Å². The lowest BCUT2D eigenvalue weighted by Gasteiger charge is -2.27. The van der Waals surface area contributed by atoms with Crippen LogP contribution in [0.5, 0.6) is 0 Å². The standard InChI is InChI=1S/C10H17FO3/c1-7(11)14-9-5-3-8(4-6-9)10(12)13-2/h7-9H,3-6H2,1-2H3/t7?,8-,9-.